The minimum Gasteiger partial charge on any atom is -0.357 e. The van der Waals surface area contributed by atoms with E-state index in [1.165, 1.54) is 4.88 Å². The zero-order valence-electron chi connectivity index (χ0n) is 12.7. The average Bonchev–Trinajstić information content (AvgIpc) is 2.99. The van der Waals surface area contributed by atoms with E-state index < -0.39 is 0 Å². The highest BCUT2D eigenvalue weighted by atomic mass is 32.1. The first-order chi connectivity index (χ1) is 10.1. The van der Waals surface area contributed by atoms with Crippen LogP contribution in [-0.4, -0.2) is 27.6 Å². The van der Waals surface area contributed by atoms with Crippen molar-refractivity contribution in [3.63, 3.8) is 0 Å². The molecule has 0 aliphatic heterocycles. The van der Waals surface area contributed by atoms with Gasteiger partial charge < -0.3 is 15.2 Å². The number of hydrogen-bond donors (Lipinski definition) is 2. The highest BCUT2D eigenvalue weighted by Gasteiger charge is 2.06. The molecule has 2 aromatic heterocycles. The molecule has 0 aliphatic rings. The van der Waals surface area contributed by atoms with Crippen molar-refractivity contribution in [2.75, 3.05) is 6.54 Å². The van der Waals surface area contributed by atoms with E-state index in [1.54, 1.807) is 18.3 Å². The molecule has 0 spiro atoms. The maximum absolute atomic E-state index is 4.93. The van der Waals surface area contributed by atoms with Gasteiger partial charge in [0, 0.05) is 18.3 Å². The van der Waals surface area contributed by atoms with Crippen LogP contribution >= 0.6 is 11.3 Å². The Bertz CT molecular complexity index is 618. The molecular weight excluding hydrogens is 288 g/mol. The largest absolute Gasteiger partial charge is 0.357 e. The average molecular weight is 308 g/mol. The van der Waals surface area contributed by atoms with Gasteiger partial charge >= 0.3 is 0 Å². The summed E-state index contributed by atoms with van der Waals surface area (Å²) in [4.78, 5) is 14.2. The number of guanidine groups is 1. The second-order valence-electron chi connectivity index (χ2n) is 4.52. The van der Waals surface area contributed by atoms with E-state index in [2.05, 4.69) is 30.8 Å². The van der Waals surface area contributed by atoms with E-state index in [0.29, 0.717) is 24.8 Å². The molecule has 0 aromatic carbocycles. The van der Waals surface area contributed by atoms with E-state index in [4.69, 9.17) is 4.52 Å². The van der Waals surface area contributed by atoms with Crippen LogP contribution < -0.4 is 10.6 Å². The van der Waals surface area contributed by atoms with Gasteiger partial charge in [0.25, 0.3) is 0 Å². The van der Waals surface area contributed by atoms with E-state index in [1.807, 2.05) is 20.8 Å². The Balaban J connectivity index is 1.96. The molecule has 2 aromatic rings. The van der Waals surface area contributed by atoms with Crippen molar-refractivity contribution in [3.05, 3.63) is 27.3 Å². The highest BCUT2D eigenvalue weighted by Crippen LogP contribution is 2.16. The molecule has 0 atom stereocenters. The van der Waals surface area contributed by atoms with Gasteiger partial charge in [0.05, 0.1) is 17.2 Å². The van der Waals surface area contributed by atoms with Crippen molar-refractivity contribution in [2.45, 2.75) is 40.8 Å². The number of thiazole rings is 1. The summed E-state index contributed by atoms with van der Waals surface area (Å²) in [6.07, 6.45) is 0. The molecule has 21 heavy (non-hydrogen) atoms. The van der Waals surface area contributed by atoms with Crippen molar-refractivity contribution in [3.8, 4) is 0 Å². The summed E-state index contributed by atoms with van der Waals surface area (Å²) >= 11 is 1.70. The Morgan fingerprint density at radius 1 is 1.24 bits per heavy atom. The minimum atomic E-state index is 0.382. The Labute approximate surface area is 127 Å². The third kappa shape index (κ3) is 4.52. The first kappa shape index (κ1) is 15.4. The van der Waals surface area contributed by atoms with Gasteiger partial charge in [0.1, 0.15) is 6.54 Å². The summed E-state index contributed by atoms with van der Waals surface area (Å²) in [5.41, 5.74) is 1.06. The quantitative estimate of drug-likeness (QED) is 0.646. The van der Waals surface area contributed by atoms with Crippen LogP contribution in [-0.2, 0) is 13.1 Å². The molecule has 0 saturated heterocycles. The molecule has 0 aliphatic carbocycles. The molecule has 0 unspecified atom stereocenters. The highest BCUT2D eigenvalue weighted by molar-refractivity contribution is 7.11. The van der Waals surface area contributed by atoms with Gasteiger partial charge in [-0.1, -0.05) is 5.16 Å². The standard InChI is InChI=1S/C13H20N6OS/c1-5-14-13(16-7-12-18-9(3)20-19-12)15-6-11-8(2)17-10(4)21-11/h5-7H2,1-4H3,(H2,14,15,16). The molecule has 0 radical (unpaired) electrons. The SMILES string of the molecule is CCNC(=NCc1noc(C)n1)NCc1sc(C)nc1C. The van der Waals surface area contributed by atoms with Gasteiger partial charge in [-0.15, -0.1) is 11.3 Å². The van der Waals surface area contributed by atoms with Gasteiger partial charge in [-0.25, -0.2) is 9.98 Å². The van der Waals surface area contributed by atoms with Crippen LogP contribution in [0.4, 0.5) is 0 Å². The maximum Gasteiger partial charge on any atom is 0.223 e. The van der Waals surface area contributed by atoms with Crippen molar-refractivity contribution in [1.82, 2.24) is 25.8 Å². The fourth-order valence-corrected chi connectivity index (χ4v) is 2.68. The second kappa shape index (κ2) is 7.16. The number of rotatable bonds is 5. The van der Waals surface area contributed by atoms with Crippen LogP contribution in [0.3, 0.4) is 0 Å². The molecule has 0 fully saturated rings. The molecule has 0 amide bonds. The molecule has 2 N–H and O–H groups in total. The lowest BCUT2D eigenvalue weighted by Gasteiger charge is -2.10. The van der Waals surface area contributed by atoms with Gasteiger partial charge in [-0.2, -0.15) is 4.98 Å². The van der Waals surface area contributed by atoms with Crippen LogP contribution in [0.5, 0.6) is 0 Å². The molecule has 8 heteroatoms. The topological polar surface area (TPSA) is 88.2 Å². The summed E-state index contributed by atoms with van der Waals surface area (Å²) < 4.78 is 4.93. The minimum absolute atomic E-state index is 0.382. The predicted octanol–water partition coefficient (Wildman–Crippen LogP) is 1.71. The Kier molecular flexibility index (Phi) is 5.26. The van der Waals surface area contributed by atoms with Crippen molar-refractivity contribution in [2.24, 2.45) is 4.99 Å². The van der Waals surface area contributed by atoms with Gasteiger partial charge in [-0.3, -0.25) is 0 Å². The van der Waals surface area contributed by atoms with Gasteiger partial charge in [0.15, 0.2) is 11.8 Å². The lowest BCUT2D eigenvalue weighted by atomic mass is 10.4. The smallest absolute Gasteiger partial charge is 0.223 e. The zero-order chi connectivity index (χ0) is 15.2. The lowest BCUT2D eigenvalue weighted by molar-refractivity contribution is 0.387. The van der Waals surface area contributed by atoms with Crippen LogP contribution in [0.1, 0.15) is 34.2 Å². The number of aliphatic imine (C=N–C) groups is 1. The van der Waals surface area contributed by atoms with E-state index in [-0.39, 0.29) is 0 Å². The van der Waals surface area contributed by atoms with Crippen molar-refractivity contribution >= 4 is 17.3 Å². The Hall–Kier alpha value is -1.96. The van der Waals surface area contributed by atoms with E-state index >= 15 is 0 Å². The fourth-order valence-electron chi connectivity index (χ4n) is 1.80. The number of nitrogens with zero attached hydrogens (tertiary/aromatic N) is 4. The van der Waals surface area contributed by atoms with Crippen LogP contribution in [0.15, 0.2) is 9.52 Å². The first-order valence-electron chi connectivity index (χ1n) is 6.82. The van der Waals surface area contributed by atoms with Gasteiger partial charge in [0.2, 0.25) is 5.89 Å². The van der Waals surface area contributed by atoms with Crippen LogP contribution in [0.25, 0.3) is 0 Å². The molecule has 7 nitrogen and oxygen atoms in total. The summed E-state index contributed by atoms with van der Waals surface area (Å²) in [5, 5.41) is 11.4. The van der Waals surface area contributed by atoms with Crippen molar-refractivity contribution in [1.29, 1.82) is 0 Å². The number of aromatic nitrogens is 3. The Morgan fingerprint density at radius 3 is 2.62 bits per heavy atom. The first-order valence-corrected chi connectivity index (χ1v) is 7.64. The third-order valence-corrected chi connectivity index (χ3v) is 3.78. The zero-order valence-corrected chi connectivity index (χ0v) is 13.5. The number of aryl methyl sites for hydroxylation is 3. The van der Waals surface area contributed by atoms with Gasteiger partial charge in [-0.05, 0) is 20.8 Å². The maximum atomic E-state index is 4.93. The lowest BCUT2D eigenvalue weighted by Crippen LogP contribution is -2.36. The Morgan fingerprint density at radius 2 is 2.05 bits per heavy atom. The molecule has 2 rings (SSSR count). The predicted molar refractivity (Wildman–Crippen MR) is 82.3 cm³/mol. The van der Waals surface area contributed by atoms with Crippen LogP contribution in [0.2, 0.25) is 0 Å². The molecule has 0 bridgehead atoms. The monoisotopic (exact) mass is 308 g/mol. The summed E-state index contributed by atoms with van der Waals surface area (Å²) in [7, 11) is 0. The number of nitrogens with one attached hydrogen (secondary N) is 2. The summed E-state index contributed by atoms with van der Waals surface area (Å²) in [5.74, 6) is 1.86. The van der Waals surface area contributed by atoms with Crippen LogP contribution in [0, 0.1) is 20.8 Å². The summed E-state index contributed by atoms with van der Waals surface area (Å²) in [6, 6.07) is 0. The van der Waals surface area contributed by atoms with E-state index in [9.17, 15) is 0 Å². The van der Waals surface area contributed by atoms with Crippen molar-refractivity contribution < 1.29 is 4.52 Å². The molecular formula is C13H20N6OS. The molecule has 114 valence electrons. The second-order valence-corrected chi connectivity index (χ2v) is 5.81. The third-order valence-electron chi connectivity index (χ3n) is 2.71. The van der Waals surface area contributed by atoms with E-state index in [0.717, 1.165) is 23.2 Å². The summed E-state index contributed by atoms with van der Waals surface area (Å²) in [6.45, 7) is 9.70. The molecule has 0 saturated carbocycles. The fraction of sp³-hybridized carbons (Fsp3) is 0.538. The normalized spacial score (nSPS) is 11.7. The molecule has 2 heterocycles. The number of hydrogen-bond acceptors (Lipinski definition) is 6.